The summed E-state index contributed by atoms with van der Waals surface area (Å²) < 4.78 is 1.84. The number of anilines is 1. The van der Waals surface area contributed by atoms with E-state index in [0.29, 0.717) is 18.1 Å². The summed E-state index contributed by atoms with van der Waals surface area (Å²) in [6.07, 6.45) is 1.84. The van der Waals surface area contributed by atoms with Crippen LogP contribution in [0, 0.1) is 13.8 Å². The molecule has 6 nitrogen and oxygen atoms in total. The molecule has 0 unspecified atom stereocenters. The molecule has 1 aliphatic heterocycles. The lowest BCUT2D eigenvalue weighted by Crippen LogP contribution is -2.48. The second kappa shape index (κ2) is 7.98. The number of carbonyl (C=O) groups excluding carboxylic acids is 1. The van der Waals surface area contributed by atoms with Crippen LogP contribution in [-0.2, 0) is 0 Å². The fourth-order valence-corrected chi connectivity index (χ4v) is 5.29. The zero-order valence-corrected chi connectivity index (χ0v) is 19.0. The minimum absolute atomic E-state index is 0.0724. The van der Waals surface area contributed by atoms with Crippen LogP contribution in [0.5, 0.6) is 0 Å². The first-order valence-corrected chi connectivity index (χ1v) is 11.4. The first-order valence-electron chi connectivity index (χ1n) is 10.2. The lowest BCUT2D eigenvalue weighted by atomic mass is 10.2. The molecule has 1 aromatic carbocycles. The molecule has 0 N–H and O–H groups in total. The molecule has 1 fully saturated rings. The van der Waals surface area contributed by atoms with Crippen LogP contribution in [0.4, 0.5) is 5.82 Å². The predicted molar refractivity (Wildman–Crippen MR) is 126 cm³/mol. The van der Waals surface area contributed by atoms with Crippen molar-refractivity contribution >= 4 is 44.9 Å². The van der Waals surface area contributed by atoms with E-state index < -0.39 is 0 Å². The second-order valence-corrected chi connectivity index (χ2v) is 9.19. The van der Waals surface area contributed by atoms with Gasteiger partial charge in [0, 0.05) is 37.8 Å². The smallest absolute Gasteiger partial charge is 0.264 e. The van der Waals surface area contributed by atoms with Gasteiger partial charge >= 0.3 is 0 Å². The molecule has 8 heteroatoms. The Kier molecular flexibility index (Phi) is 5.16. The zero-order valence-electron chi connectivity index (χ0n) is 17.4. The number of hydrogen-bond acceptors (Lipinski definition) is 5. The van der Waals surface area contributed by atoms with E-state index in [2.05, 4.69) is 28.0 Å². The summed E-state index contributed by atoms with van der Waals surface area (Å²) in [6, 6.07) is 13.7. The summed E-state index contributed by atoms with van der Waals surface area (Å²) in [5, 5.41) is 6.28. The molecular formula is C23H22ClN5OS. The maximum absolute atomic E-state index is 13.2. The number of aromatic nitrogens is 3. The summed E-state index contributed by atoms with van der Waals surface area (Å²) >= 11 is 7.87. The van der Waals surface area contributed by atoms with Gasteiger partial charge in [-0.3, -0.25) is 4.79 Å². The maximum atomic E-state index is 13.2. The van der Waals surface area contributed by atoms with E-state index in [9.17, 15) is 4.79 Å². The summed E-state index contributed by atoms with van der Waals surface area (Å²) in [4.78, 5) is 23.6. The van der Waals surface area contributed by atoms with Gasteiger partial charge in [-0.25, -0.2) is 9.67 Å². The summed E-state index contributed by atoms with van der Waals surface area (Å²) in [6.45, 7) is 6.94. The Morgan fingerprint density at radius 1 is 1.06 bits per heavy atom. The predicted octanol–water partition coefficient (Wildman–Crippen LogP) is 4.71. The Morgan fingerprint density at radius 2 is 1.84 bits per heavy atom. The van der Waals surface area contributed by atoms with Crippen molar-refractivity contribution in [3.05, 3.63) is 69.8 Å². The van der Waals surface area contributed by atoms with E-state index in [0.717, 1.165) is 45.4 Å². The van der Waals surface area contributed by atoms with E-state index in [1.807, 2.05) is 59.1 Å². The van der Waals surface area contributed by atoms with Crippen LogP contribution in [0.1, 0.15) is 20.9 Å². The van der Waals surface area contributed by atoms with Crippen molar-refractivity contribution in [2.45, 2.75) is 13.8 Å². The Balaban J connectivity index is 1.37. The number of nitrogens with zero attached hydrogens (tertiary/aromatic N) is 5. The number of benzene rings is 1. The van der Waals surface area contributed by atoms with Gasteiger partial charge in [-0.2, -0.15) is 5.10 Å². The molecule has 0 radical (unpaired) electrons. The molecule has 4 aromatic rings. The fraction of sp³-hybridized carbons (Fsp3) is 0.261. The number of aryl methyl sites for hydroxylation is 2. The van der Waals surface area contributed by atoms with Crippen molar-refractivity contribution in [3.63, 3.8) is 0 Å². The molecule has 1 aliphatic rings. The SMILES string of the molecule is Cc1ccnc(N2CCN(C(=O)c3cc4c(C)nn(-c5ccccc5Cl)c4s3)CC2)c1. The fourth-order valence-electron chi connectivity index (χ4n) is 3.93. The highest BCUT2D eigenvalue weighted by Gasteiger charge is 2.25. The van der Waals surface area contributed by atoms with Crippen LogP contribution < -0.4 is 4.90 Å². The lowest BCUT2D eigenvalue weighted by Gasteiger charge is -2.35. The number of thiophene rings is 1. The van der Waals surface area contributed by atoms with Gasteiger partial charge in [0.25, 0.3) is 5.91 Å². The molecule has 5 rings (SSSR count). The van der Waals surface area contributed by atoms with Gasteiger partial charge in [0.1, 0.15) is 10.6 Å². The van der Waals surface area contributed by atoms with Gasteiger partial charge in [-0.1, -0.05) is 23.7 Å². The summed E-state index contributed by atoms with van der Waals surface area (Å²) in [7, 11) is 0. The standard InChI is InChI=1S/C23H22ClN5OS/c1-15-7-8-25-21(13-15)27-9-11-28(12-10-27)22(30)20-14-17-16(2)26-29(23(17)31-20)19-6-4-3-5-18(19)24/h3-8,13-14H,9-12H2,1-2H3. The number of fused-ring (bicyclic) bond motifs is 1. The molecular weight excluding hydrogens is 430 g/mol. The van der Waals surface area contributed by atoms with Crippen molar-refractivity contribution in [2.24, 2.45) is 0 Å². The molecule has 3 aromatic heterocycles. The minimum Gasteiger partial charge on any atom is -0.353 e. The normalized spacial score (nSPS) is 14.4. The number of rotatable bonds is 3. The first-order chi connectivity index (χ1) is 15.0. The quantitative estimate of drug-likeness (QED) is 0.452. The number of halogens is 1. The Morgan fingerprint density at radius 3 is 2.58 bits per heavy atom. The van der Waals surface area contributed by atoms with Gasteiger partial charge in [-0.15, -0.1) is 11.3 Å². The number of amides is 1. The molecule has 1 saturated heterocycles. The highest BCUT2D eigenvalue weighted by molar-refractivity contribution is 7.20. The highest BCUT2D eigenvalue weighted by atomic mass is 35.5. The van der Waals surface area contributed by atoms with Gasteiger partial charge in [-0.05, 0) is 49.7 Å². The van der Waals surface area contributed by atoms with E-state index in [4.69, 9.17) is 11.6 Å². The summed E-state index contributed by atoms with van der Waals surface area (Å²) in [5.41, 5.74) is 2.90. The number of hydrogen-bond donors (Lipinski definition) is 0. The highest BCUT2D eigenvalue weighted by Crippen LogP contribution is 2.33. The Hall–Kier alpha value is -2.90. The third kappa shape index (κ3) is 3.68. The van der Waals surface area contributed by atoms with E-state index in [-0.39, 0.29) is 5.91 Å². The molecule has 0 atom stereocenters. The topological polar surface area (TPSA) is 54.3 Å². The second-order valence-electron chi connectivity index (χ2n) is 7.75. The molecule has 158 valence electrons. The van der Waals surface area contributed by atoms with Crippen LogP contribution >= 0.6 is 22.9 Å². The lowest BCUT2D eigenvalue weighted by molar-refractivity contribution is 0.0751. The van der Waals surface area contributed by atoms with E-state index >= 15 is 0 Å². The minimum atomic E-state index is 0.0724. The van der Waals surface area contributed by atoms with Crippen molar-refractivity contribution in [1.82, 2.24) is 19.7 Å². The molecule has 1 amide bonds. The van der Waals surface area contributed by atoms with Crippen LogP contribution in [0.15, 0.2) is 48.7 Å². The van der Waals surface area contributed by atoms with Gasteiger partial charge < -0.3 is 9.80 Å². The number of para-hydroxylation sites is 1. The Labute approximate surface area is 189 Å². The van der Waals surface area contributed by atoms with Gasteiger partial charge in [0.2, 0.25) is 0 Å². The number of carbonyl (C=O) groups is 1. The molecule has 31 heavy (non-hydrogen) atoms. The number of pyridine rings is 1. The molecule has 4 heterocycles. The van der Waals surface area contributed by atoms with Crippen LogP contribution in [-0.4, -0.2) is 51.8 Å². The molecule has 0 spiro atoms. The average Bonchev–Trinajstić information content (AvgIpc) is 3.34. The Bertz CT molecular complexity index is 1270. The van der Waals surface area contributed by atoms with Crippen LogP contribution in [0.25, 0.3) is 15.9 Å². The van der Waals surface area contributed by atoms with E-state index in [1.54, 1.807) is 0 Å². The summed E-state index contributed by atoms with van der Waals surface area (Å²) in [5.74, 6) is 1.05. The monoisotopic (exact) mass is 451 g/mol. The third-order valence-corrected chi connectivity index (χ3v) is 7.05. The van der Waals surface area contributed by atoms with Crippen LogP contribution in [0.3, 0.4) is 0 Å². The average molecular weight is 452 g/mol. The molecule has 0 bridgehead atoms. The van der Waals surface area contributed by atoms with Crippen molar-refractivity contribution in [2.75, 3.05) is 31.1 Å². The largest absolute Gasteiger partial charge is 0.353 e. The third-order valence-electron chi connectivity index (χ3n) is 5.63. The first kappa shape index (κ1) is 20.0. The van der Waals surface area contributed by atoms with Gasteiger partial charge in [0.05, 0.1) is 21.3 Å². The molecule has 0 aliphatic carbocycles. The van der Waals surface area contributed by atoms with Crippen molar-refractivity contribution in [3.8, 4) is 5.69 Å². The maximum Gasteiger partial charge on any atom is 0.264 e. The number of piperazine rings is 1. The van der Waals surface area contributed by atoms with Crippen LogP contribution in [0.2, 0.25) is 5.02 Å². The van der Waals surface area contributed by atoms with E-state index in [1.165, 1.54) is 16.9 Å². The van der Waals surface area contributed by atoms with Gasteiger partial charge in [0.15, 0.2) is 0 Å². The molecule has 0 saturated carbocycles. The van der Waals surface area contributed by atoms with Crippen molar-refractivity contribution < 1.29 is 4.79 Å². The van der Waals surface area contributed by atoms with Crippen molar-refractivity contribution in [1.29, 1.82) is 0 Å². The zero-order chi connectivity index (χ0) is 21.5.